The molecule has 7 nitrogen and oxygen atoms in total. The minimum atomic E-state index is -0.516. The van der Waals surface area contributed by atoms with Crippen LogP contribution in [0.25, 0.3) is 0 Å². The third-order valence-corrected chi connectivity index (χ3v) is 4.15. The van der Waals surface area contributed by atoms with Gasteiger partial charge in [0.2, 0.25) is 5.91 Å². The van der Waals surface area contributed by atoms with Crippen molar-refractivity contribution >= 4 is 29.2 Å². The number of esters is 1. The molecule has 0 fully saturated rings. The summed E-state index contributed by atoms with van der Waals surface area (Å²) in [6, 6.07) is 14.4. The van der Waals surface area contributed by atoms with Crippen molar-refractivity contribution < 1.29 is 23.9 Å². The van der Waals surface area contributed by atoms with Crippen molar-refractivity contribution in [2.75, 3.05) is 23.8 Å². The summed E-state index contributed by atoms with van der Waals surface area (Å²) in [6.07, 6.45) is 0.0414. The summed E-state index contributed by atoms with van der Waals surface area (Å²) < 4.78 is 10.5. The van der Waals surface area contributed by atoms with Crippen molar-refractivity contribution in [2.45, 2.75) is 39.5 Å². The number of carbonyl (C=O) groups excluding carboxylic acids is 3. The van der Waals surface area contributed by atoms with E-state index in [-0.39, 0.29) is 31.0 Å². The van der Waals surface area contributed by atoms with Crippen molar-refractivity contribution in [1.82, 2.24) is 0 Å². The second kappa shape index (κ2) is 10.4. The maximum Gasteiger partial charge on any atom is 0.309 e. The van der Waals surface area contributed by atoms with Gasteiger partial charge in [-0.1, -0.05) is 32.9 Å². The fourth-order valence-corrected chi connectivity index (χ4v) is 2.56. The topological polar surface area (TPSA) is 93.7 Å². The first-order valence-corrected chi connectivity index (χ1v) is 9.70. The molecule has 0 saturated heterocycles. The number of amides is 2. The van der Waals surface area contributed by atoms with E-state index in [2.05, 4.69) is 31.4 Å². The Morgan fingerprint density at radius 1 is 0.867 bits per heavy atom. The Labute approximate surface area is 176 Å². The van der Waals surface area contributed by atoms with Crippen LogP contribution in [-0.4, -0.2) is 31.0 Å². The van der Waals surface area contributed by atoms with Gasteiger partial charge in [0.1, 0.15) is 5.75 Å². The SMILES string of the molecule is CC(=O)Nc1ccc(NC(=O)COC(=O)CCOc2ccc(C(C)(C)C)cc2)cc1. The van der Waals surface area contributed by atoms with Crippen LogP contribution in [0.15, 0.2) is 48.5 Å². The summed E-state index contributed by atoms with van der Waals surface area (Å²) >= 11 is 0. The van der Waals surface area contributed by atoms with Crippen LogP contribution in [0.3, 0.4) is 0 Å². The lowest BCUT2D eigenvalue weighted by atomic mass is 9.87. The molecule has 2 rings (SSSR count). The van der Waals surface area contributed by atoms with Crippen molar-refractivity contribution in [3.8, 4) is 5.75 Å². The first-order chi connectivity index (χ1) is 14.1. The van der Waals surface area contributed by atoms with Crippen molar-refractivity contribution in [1.29, 1.82) is 0 Å². The highest BCUT2D eigenvalue weighted by Crippen LogP contribution is 2.24. The average Bonchev–Trinajstić information content (AvgIpc) is 2.67. The van der Waals surface area contributed by atoms with Gasteiger partial charge in [0.15, 0.2) is 6.61 Å². The van der Waals surface area contributed by atoms with Crippen LogP contribution in [0, 0.1) is 0 Å². The minimum Gasteiger partial charge on any atom is -0.493 e. The zero-order valence-corrected chi connectivity index (χ0v) is 17.8. The molecule has 2 N–H and O–H groups in total. The standard InChI is InChI=1S/C23H28N2O5/c1-16(26)24-18-7-9-19(10-8-18)25-21(27)15-30-22(28)13-14-29-20-11-5-17(6-12-20)23(2,3)4/h5-12H,13-15H2,1-4H3,(H,24,26)(H,25,27). The number of hydrogen-bond donors (Lipinski definition) is 2. The third kappa shape index (κ3) is 7.95. The zero-order chi connectivity index (χ0) is 22.1. The van der Waals surface area contributed by atoms with E-state index in [4.69, 9.17) is 9.47 Å². The highest BCUT2D eigenvalue weighted by molar-refractivity contribution is 5.93. The summed E-state index contributed by atoms with van der Waals surface area (Å²) in [5, 5.41) is 5.25. The van der Waals surface area contributed by atoms with Crippen LogP contribution in [0.4, 0.5) is 11.4 Å². The molecule has 7 heteroatoms. The number of benzene rings is 2. The van der Waals surface area contributed by atoms with Crippen LogP contribution < -0.4 is 15.4 Å². The van der Waals surface area contributed by atoms with E-state index in [1.807, 2.05) is 24.3 Å². The molecule has 30 heavy (non-hydrogen) atoms. The Bertz CT molecular complexity index is 868. The Morgan fingerprint density at radius 3 is 1.97 bits per heavy atom. The fraction of sp³-hybridized carbons (Fsp3) is 0.348. The molecule has 0 spiro atoms. The summed E-state index contributed by atoms with van der Waals surface area (Å²) in [5.41, 5.74) is 2.42. The second-order valence-corrected chi connectivity index (χ2v) is 7.84. The van der Waals surface area contributed by atoms with Crippen molar-refractivity contribution in [3.63, 3.8) is 0 Å². The largest absolute Gasteiger partial charge is 0.493 e. The first kappa shape index (κ1) is 22.9. The van der Waals surface area contributed by atoms with Gasteiger partial charge in [0, 0.05) is 18.3 Å². The van der Waals surface area contributed by atoms with E-state index < -0.39 is 11.9 Å². The Kier molecular flexibility index (Phi) is 7.98. The molecule has 0 unspecified atom stereocenters. The van der Waals surface area contributed by atoms with Gasteiger partial charge in [0.25, 0.3) is 5.91 Å². The molecule has 160 valence electrons. The number of carbonyl (C=O) groups is 3. The lowest BCUT2D eigenvalue weighted by molar-refractivity contribution is -0.147. The van der Waals surface area contributed by atoms with Gasteiger partial charge in [-0.25, -0.2) is 0 Å². The van der Waals surface area contributed by atoms with Crippen LogP contribution >= 0.6 is 0 Å². The molecular weight excluding hydrogens is 384 g/mol. The summed E-state index contributed by atoms with van der Waals surface area (Å²) in [4.78, 5) is 34.7. The second-order valence-electron chi connectivity index (χ2n) is 7.84. The van der Waals surface area contributed by atoms with Crippen LogP contribution in [-0.2, 0) is 24.5 Å². The maximum atomic E-state index is 11.9. The molecule has 0 aliphatic rings. The van der Waals surface area contributed by atoms with Crippen LogP contribution in [0.5, 0.6) is 5.75 Å². The van der Waals surface area contributed by atoms with Gasteiger partial charge in [-0.05, 0) is 47.4 Å². The van der Waals surface area contributed by atoms with E-state index in [0.29, 0.717) is 17.1 Å². The lowest BCUT2D eigenvalue weighted by Crippen LogP contribution is -2.21. The molecule has 0 saturated carbocycles. The molecule has 0 bridgehead atoms. The van der Waals surface area contributed by atoms with Gasteiger partial charge >= 0.3 is 5.97 Å². The van der Waals surface area contributed by atoms with Crippen molar-refractivity contribution in [2.24, 2.45) is 0 Å². The van der Waals surface area contributed by atoms with E-state index in [0.717, 1.165) is 0 Å². The molecule has 0 heterocycles. The van der Waals surface area contributed by atoms with Crippen molar-refractivity contribution in [3.05, 3.63) is 54.1 Å². The van der Waals surface area contributed by atoms with Crippen LogP contribution in [0.1, 0.15) is 39.7 Å². The number of nitrogens with one attached hydrogen (secondary N) is 2. The summed E-state index contributed by atoms with van der Waals surface area (Å²) in [6.45, 7) is 7.60. The molecular formula is C23H28N2O5. The number of ether oxygens (including phenoxy) is 2. The molecule has 0 aromatic heterocycles. The molecule has 2 amide bonds. The lowest BCUT2D eigenvalue weighted by Gasteiger charge is -2.19. The highest BCUT2D eigenvalue weighted by atomic mass is 16.5. The number of rotatable bonds is 8. The quantitative estimate of drug-likeness (QED) is 0.642. The Hall–Kier alpha value is -3.35. The monoisotopic (exact) mass is 412 g/mol. The summed E-state index contributed by atoms with van der Waals surface area (Å²) in [7, 11) is 0. The Balaban J connectivity index is 1.67. The Morgan fingerprint density at radius 2 is 1.43 bits per heavy atom. The first-order valence-electron chi connectivity index (χ1n) is 9.70. The predicted molar refractivity (Wildman–Crippen MR) is 116 cm³/mol. The molecule has 0 atom stereocenters. The highest BCUT2D eigenvalue weighted by Gasteiger charge is 2.13. The number of anilines is 2. The van der Waals surface area contributed by atoms with Gasteiger partial charge in [-0.3, -0.25) is 14.4 Å². The van der Waals surface area contributed by atoms with E-state index in [1.165, 1.54) is 12.5 Å². The molecule has 2 aromatic carbocycles. The van der Waals surface area contributed by atoms with E-state index >= 15 is 0 Å². The normalized spacial score (nSPS) is 10.8. The van der Waals surface area contributed by atoms with E-state index in [1.54, 1.807) is 24.3 Å². The fourth-order valence-electron chi connectivity index (χ4n) is 2.56. The average molecular weight is 412 g/mol. The van der Waals surface area contributed by atoms with Gasteiger partial charge < -0.3 is 20.1 Å². The maximum absolute atomic E-state index is 11.9. The molecule has 0 aliphatic heterocycles. The third-order valence-electron chi connectivity index (χ3n) is 4.15. The minimum absolute atomic E-state index is 0.0414. The van der Waals surface area contributed by atoms with Gasteiger partial charge in [0.05, 0.1) is 13.0 Å². The van der Waals surface area contributed by atoms with Gasteiger partial charge in [-0.15, -0.1) is 0 Å². The predicted octanol–water partition coefficient (Wildman–Crippen LogP) is 3.89. The summed E-state index contributed by atoms with van der Waals surface area (Å²) in [5.74, 6) is -0.465. The van der Waals surface area contributed by atoms with E-state index in [9.17, 15) is 14.4 Å². The molecule has 0 radical (unpaired) electrons. The molecule has 0 aliphatic carbocycles. The van der Waals surface area contributed by atoms with Gasteiger partial charge in [-0.2, -0.15) is 0 Å². The smallest absolute Gasteiger partial charge is 0.309 e. The number of hydrogen-bond acceptors (Lipinski definition) is 5. The van der Waals surface area contributed by atoms with Crippen LogP contribution in [0.2, 0.25) is 0 Å². The zero-order valence-electron chi connectivity index (χ0n) is 17.8. The molecule has 2 aromatic rings.